The fourth-order valence-electron chi connectivity index (χ4n) is 6.73. The normalized spacial score (nSPS) is 19.7. The number of carbonyl (C=O) groups excluding carboxylic acids is 2. The monoisotopic (exact) mass is 667 g/mol. The molecule has 2 aromatic carbocycles. The van der Waals surface area contributed by atoms with Crippen LogP contribution in [0.1, 0.15) is 71.1 Å². The summed E-state index contributed by atoms with van der Waals surface area (Å²) in [5.41, 5.74) is 4.67. The Morgan fingerprint density at radius 3 is 2.41 bits per heavy atom. The number of ether oxygens (including phenoxy) is 1. The highest BCUT2D eigenvalue weighted by Gasteiger charge is 2.26. The highest BCUT2D eigenvalue weighted by atomic mass is 19.1. The molecule has 0 spiro atoms. The Balaban J connectivity index is 1.05. The quantitative estimate of drug-likeness (QED) is 0.196. The second-order valence-electron chi connectivity index (χ2n) is 13.4. The maximum absolute atomic E-state index is 14.3. The molecule has 0 radical (unpaired) electrons. The Kier molecular flexibility index (Phi) is 11.0. The molecule has 2 aromatic heterocycles. The molecule has 0 bridgehead atoms. The maximum atomic E-state index is 14.3. The predicted octanol–water partition coefficient (Wildman–Crippen LogP) is 5.42. The van der Waals surface area contributed by atoms with E-state index in [1.54, 1.807) is 23.9 Å². The Morgan fingerprint density at radius 1 is 0.980 bits per heavy atom. The molecule has 3 N–H and O–H groups in total. The van der Waals surface area contributed by atoms with Crippen molar-refractivity contribution in [1.29, 1.82) is 0 Å². The van der Waals surface area contributed by atoms with Gasteiger partial charge in [0, 0.05) is 50.5 Å². The van der Waals surface area contributed by atoms with Crippen molar-refractivity contribution in [3.8, 4) is 22.8 Å². The summed E-state index contributed by atoms with van der Waals surface area (Å²) in [4.78, 5) is 32.7. The summed E-state index contributed by atoms with van der Waals surface area (Å²) in [5, 5.41) is 13.8. The Bertz CT molecular complexity index is 1750. The highest BCUT2D eigenvalue weighted by molar-refractivity contribution is 5.96. The molecule has 1 saturated heterocycles. The van der Waals surface area contributed by atoms with Crippen molar-refractivity contribution in [3.63, 3.8) is 0 Å². The molecule has 4 aromatic rings. The molecule has 1 aliphatic carbocycles. The molecule has 258 valence electrons. The molecule has 2 fully saturated rings. The van der Waals surface area contributed by atoms with E-state index in [4.69, 9.17) is 4.74 Å². The standard InChI is InChI=1S/C38H46FN7O3/c1-25-24-46(18-16-40-25)17-6-8-27-7-4-9-28(20-27)29-10-5-11-33(21-29)49-38-34(22-30(39)23-41-38)36(47)42-31-12-14-32(15-13-31)43-37(48)35-19-26(2)45(3)44-35/h4-5,7,9-11,19-23,25,31-32,40H,6,8,12-18,24H2,1-3H3,(H,42,47)(H,43,48)/t25-,31-,32-/m0/s1. The number of pyridine rings is 1. The molecule has 0 unspecified atom stereocenters. The van der Waals surface area contributed by atoms with Crippen molar-refractivity contribution < 1.29 is 18.7 Å². The van der Waals surface area contributed by atoms with Gasteiger partial charge >= 0.3 is 0 Å². The van der Waals surface area contributed by atoms with Gasteiger partial charge in [-0.15, -0.1) is 0 Å². The Morgan fingerprint density at radius 2 is 1.69 bits per heavy atom. The van der Waals surface area contributed by atoms with Crippen LogP contribution < -0.4 is 20.7 Å². The average Bonchev–Trinajstić information content (AvgIpc) is 3.44. The van der Waals surface area contributed by atoms with Crippen LogP contribution >= 0.6 is 0 Å². The number of aryl methyl sites for hydroxylation is 3. The van der Waals surface area contributed by atoms with Gasteiger partial charge in [0.2, 0.25) is 5.88 Å². The van der Waals surface area contributed by atoms with Crippen molar-refractivity contribution in [1.82, 2.24) is 35.6 Å². The fraction of sp³-hybridized carbons (Fsp3) is 0.421. The first-order valence-electron chi connectivity index (χ1n) is 17.3. The summed E-state index contributed by atoms with van der Waals surface area (Å²) in [6.45, 7) is 8.46. The van der Waals surface area contributed by atoms with Gasteiger partial charge < -0.3 is 25.6 Å². The lowest BCUT2D eigenvalue weighted by Crippen LogP contribution is -2.49. The second kappa shape index (κ2) is 15.7. The number of amides is 2. The van der Waals surface area contributed by atoms with Crippen molar-refractivity contribution in [3.05, 3.63) is 95.2 Å². The molecule has 49 heavy (non-hydrogen) atoms. The van der Waals surface area contributed by atoms with Gasteiger partial charge in [-0.3, -0.25) is 14.3 Å². The molecule has 2 aliphatic rings. The van der Waals surface area contributed by atoms with Gasteiger partial charge in [0.1, 0.15) is 22.8 Å². The highest BCUT2D eigenvalue weighted by Crippen LogP contribution is 2.30. The van der Waals surface area contributed by atoms with Gasteiger partial charge in [0.15, 0.2) is 0 Å². The molecule has 6 rings (SSSR count). The second-order valence-corrected chi connectivity index (χ2v) is 13.4. The summed E-state index contributed by atoms with van der Waals surface area (Å²) in [7, 11) is 1.80. The number of aromatic nitrogens is 3. The van der Waals surface area contributed by atoms with Gasteiger partial charge in [0.05, 0.1) is 6.20 Å². The third kappa shape index (κ3) is 9.10. The number of rotatable bonds is 11. The summed E-state index contributed by atoms with van der Waals surface area (Å²) in [6, 6.07) is 19.5. The Labute approximate surface area is 287 Å². The topological polar surface area (TPSA) is 113 Å². The smallest absolute Gasteiger partial charge is 0.272 e. The van der Waals surface area contributed by atoms with Crippen LogP contribution in [0.2, 0.25) is 0 Å². The van der Waals surface area contributed by atoms with Crippen LogP contribution in [-0.2, 0) is 13.5 Å². The third-order valence-corrected chi connectivity index (χ3v) is 9.51. The zero-order valence-electron chi connectivity index (χ0n) is 28.5. The van der Waals surface area contributed by atoms with Crippen LogP contribution in [0, 0.1) is 12.7 Å². The number of halogens is 1. The zero-order valence-corrected chi connectivity index (χ0v) is 28.5. The van der Waals surface area contributed by atoms with Crippen molar-refractivity contribution in [2.24, 2.45) is 7.05 Å². The van der Waals surface area contributed by atoms with Gasteiger partial charge in [-0.05, 0) is 99.9 Å². The van der Waals surface area contributed by atoms with Crippen LogP contribution in [0.5, 0.6) is 11.6 Å². The number of nitrogens with zero attached hydrogens (tertiary/aromatic N) is 4. The molecular formula is C38H46FN7O3. The summed E-state index contributed by atoms with van der Waals surface area (Å²) in [5.74, 6) is -0.721. The van der Waals surface area contributed by atoms with Crippen molar-refractivity contribution >= 4 is 11.8 Å². The van der Waals surface area contributed by atoms with E-state index in [0.29, 0.717) is 43.2 Å². The molecule has 1 atom stereocenters. The first kappa shape index (κ1) is 34.3. The number of hydrogen-bond acceptors (Lipinski definition) is 7. The predicted molar refractivity (Wildman–Crippen MR) is 187 cm³/mol. The lowest BCUT2D eigenvalue weighted by Gasteiger charge is -2.31. The van der Waals surface area contributed by atoms with E-state index >= 15 is 0 Å². The van der Waals surface area contributed by atoms with Gasteiger partial charge in [-0.1, -0.05) is 36.4 Å². The zero-order chi connectivity index (χ0) is 34.3. The summed E-state index contributed by atoms with van der Waals surface area (Å²) >= 11 is 0. The minimum Gasteiger partial charge on any atom is -0.438 e. The summed E-state index contributed by atoms with van der Waals surface area (Å²) in [6.07, 6.45) is 5.91. The van der Waals surface area contributed by atoms with Crippen LogP contribution in [-0.4, -0.2) is 75.8 Å². The lowest BCUT2D eigenvalue weighted by molar-refractivity contribution is 0.0887. The van der Waals surface area contributed by atoms with Gasteiger partial charge in [0.25, 0.3) is 11.8 Å². The SMILES string of the molecule is Cc1cc(C(=O)N[C@H]2CC[C@H](NC(=O)c3cc(F)cnc3Oc3cccc(-c4cccc(CCCN5CCN[C@@H](C)C5)c4)c3)CC2)nn1C. The minimum absolute atomic E-state index is 0.00749. The minimum atomic E-state index is -0.620. The molecule has 2 amide bonds. The van der Waals surface area contributed by atoms with Crippen LogP contribution in [0.25, 0.3) is 11.1 Å². The van der Waals surface area contributed by atoms with E-state index in [0.717, 1.165) is 68.1 Å². The lowest BCUT2D eigenvalue weighted by atomic mass is 9.91. The summed E-state index contributed by atoms with van der Waals surface area (Å²) < 4.78 is 22.1. The fourth-order valence-corrected chi connectivity index (χ4v) is 6.73. The first-order valence-corrected chi connectivity index (χ1v) is 17.3. The first-order chi connectivity index (χ1) is 23.7. The Hall–Kier alpha value is -4.61. The van der Waals surface area contributed by atoms with Crippen molar-refractivity contribution in [2.45, 2.75) is 70.5 Å². The average molecular weight is 668 g/mol. The van der Waals surface area contributed by atoms with Crippen LogP contribution in [0.15, 0.2) is 66.9 Å². The number of hydrogen-bond donors (Lipinski definition) is 3. The molecule has 10 nitrogen and oxygen atoms in total. The number of benzene rings is 2. The van der Waals surface area contributed by atoms with Gasteiger partial charge in [-0.25, -0.2) is 9.37 Å². The number of nitrogens with one attached hydrogen (secondary N) is 3. The van der Waals surface area contributed by atoms with E-state index in [1.165, 1.54) is 5.56 Å². The molecule has 3 heterocycles. The van der Waals surface area contributed by atoms with E-state index < -0.39 is 11.7 Å². The molecular weight excluding hydrogens is 621 g/mol. The van der Waals surface area contributed by atoms with E-state index in [9.17, 15) is 14.0 Å². The van der Waals surface area contributed by atoms with Crippen LogP contribution in [0.4, 0.5) is 4.39 Å². The van der Waals surface area contributed by atoms with E-state index in [1.807, 2.05) is 25.1 Å². The van der Waals surface area contributed by atoms with Gasteiger partial charge in [-0.2, -0.15) is 5.10 Å². The van der Waals surface area contributed by atoms with E-state index in [-0.39, 0.29) is 29.4 Å². The van der Waals surface area contributed by atoms with E-state index in [2.05, 4.69) is 62.1 Å². The molecule has 11 heteroatoms. The van der Waals surface area contributed by atoms with Crippen LogP contribution in [0.3, 0.4) is 0 Å². The third-order valence-electron chi connectivity index (χ3n) is 9.51. The number of carbonyl (C=O) groups is 2. The maximum Gasteiger partial charge on any atom is 0.272 e. The molecule has 1 aliphatic heterocycles. The molecule has 1 saturated carbocycles. The van der Waals surface area contributed by atoms with Crippen molar-refractivity contribution in [2.75, 3.05) is 26.2 Å². The largest absolute Gasteiger partial charge is 0.438 e. The number of piperazine rings is 1.